The van der Waals surface area contributed by atoms with Crippen LogP contribution in [-0.4, -0.2) is 184 Å². The van der Waals surface area contributed by atoms with Crippen molar-refractivity contribution in [3.8, 4) is 0 Å². The largest absolute Gasteiger partial charge is 0.338 e. The van der Waals surface area contributed by atoms with Crippen LogP contribution < -0.4 is 31.9 Å². The van der Waals surface area contributed by atoms with Crippen LogP contribution in [0.1, 0.15) is 81.4 Å². The molecular formula is C58H67I9N12O9. The first-order chi connectivity index (χ1) is 41.4. The Morgan fingerprint density at radius 2 is 0.477 bits per heavy atom. The Morgan fingerprint density at radius 1 is 0.318 bits per heavy atom. The van der Waals surface area contributed by atoms with Gasteiger partial charge in [-0.15, -0.1) is 39.5 Å². The molecule has 0 spiro atoms. The van der Waals surface area contributed by atoms with Crippen molar-refractivity contribution in [2.24, 2.45) is 5.92 Å². The molecule has 0 fully saturated rings. The highest BCUT2D eigenvalue weighted by Crippen LogP contribution is 2.40. The number of rotatable bonds is 30. The molecule has 3 aromatic carbocycles. The van der Waals surface area contributed by atoms with E-state index in [2.05, 4.69) is 71.4 Å². The molecule has 476 valence electrons. The second-order valence-electron chi connectivity index (χ2n) is 19.4. The topological polar surface area (TPSA) is 245 Å². The Morgan fingerprint density at radius 3 is 0.625 bits per heavy atom. The van der Waals surface area contributed by atoms with E-state index in [1.165, 1.54) is 29.4 Å². The molecule has 0 saturated carbocycles. The molecule has 88 heavy (non-hydrogen) atoms. The first kappa shape index (κ1) is 79.5. The van der Waals surface area contributed by atoms with E-state index >= 15 is 0 Å². The number of carbonyl (C=O) groups is 9. The Bertz CT molecular complexity index is 2790. The van der Waals surface area contributed by atoms with Crippen LogP contribution in [-0.2, 0) is 0 Å². The van der Waals surface area contributed by atoms with Gasteiger partial charge in [-0.2, -0.15) is 0 Å². The quantitative estimate of drug-likeness (QED) is 0.0274. The van der Waals surface area contributed by atoms with Crippen molar-refractivity contribution in [1.82, 2.24) is 45.3 Å². The van der Waals surface area contributed by atoms with Crippen LogP contribution in [0, 0.1) is 38.0 Å². The van der Waals surface area contributed by atoms with Gasteiger partial charge >= 0.3 is 18.1 Å². The lowest BCUT2D eigenvalue weighted by molar-refractivity contribution is 0.0791. The molecule has 6 N–H and O–H groups in total. The fourth-order valence-corrected chi connectivity index (χ4v) is 21.4. The molecule has 0 radical (unpaired) electrons. The molecule has 0 aliphatic rings. The van der Waals surface area contributed by atoms with Crippen molar-refractivity contribution in [3.63, 3.8) is 0 Å². The van der Waals surface area contributed by atoms with Crippen molar-refractivity contribution in [2.45, 2.75) is 19.3 Å². The summed E-state index contributed by atoms with van der Waals surface area (Å²) < 4.78 is 3.72. The summed E-state index contributed by atoms with van der Waals surface area (Å²) in [7, 11) is 9.67. The first-order valence-corrected chi connectivity index (χ1v) is 36.1. The van der Waals surface area contributed by atoms with Gasteiger partial charge in [-0.05, 0) is 228 Å². The minimum atomic E-state index is -0.630. The molecule has 0 unspecified atom stereocenters. The van der Waals surface area contributed by atoms with Gasteiger partial charge in [0.25, 0.3) is 35.4 Å². The van der Waals surface area contributed by atoms with E-state index < -0.39 is 18.1 Å². The summed E-state index contributed by atoms with van der Waals surface area (Å²) in [6.07, 6.45) is 10.5. The maximum Gasteiger partial charge on any atom is 0.319 e. The molecule has 0 aliphatic heterocycles. The third kappa shape index (κ3) is 20.6. The number of hydrogen-bond donors (Lipinski definition) is 6. The summed E-state index contributed by atoms with van der Waals surface area (Å²) in [5, 5.41) is 17.4. The van der Waals surface area contributed by atoms with Crippen molar-refractivity contribution >= 4 is 274 Å². The van der Waals surface area contributed by atoms with Crippen molar-refractivity contribution in [2.75, 3.05) is 117 Å². The molecule has 0 aromatic heterocycles. The predicted octanol–water partition coefficient (Wildman–Crippen LogP) is 12.2. The van der Waals surface area contributed by atoms with Crippen LogP contribution in [0.4, 0.5) is 31.4 Å². The molecule has 30 heteroatoms. The Hall–Kier alpha value is -2.70. The average Bonchev–Trinajstić information content (AvgIpc) is 1.65. The van der Waals surface area contributed by atoms with Gasteiger partial charge in [0.1, 0.15) is 0 Å². The van der Waals surface area contributed by atoms with E-state index in [0.717, 1.165) is 0 Å². The van der Waals surface area contributed by atoms with Crippen molar-refractivity contribution in [1.29, 1.82) is 0 Å². The van der Waals surface area contributed by atoms with Gasteiger partial charge in [0.15, 0.2) is 0 Å². The number of halogens is 9. The second-order valence-corrected chi connectivity index (χ2v) is 29.1. The summed E-state index contributed by atoms with van der Waals surface area (Å²) in [6, 6.07) is -1.89. The van der Waals surface area contributed by atoms with Gasteiger partial charge in [0, 0.05) is 112 Å². The van der Waals surface area contributed by atoms with Crippen molar-refractivity contribution in [3.05, 3.63) is 141 Å². The molecule has 21 nitrogen and oxygen atoms in total. The molecule has 0 aliphatic carbocycles. The normalized spacial score (nSPS) is 10.6. The summed E-state index contributed by atoms with van der Waals surface area (Å²) in [5.74, 6) is -2.59. The number of urea groups is 3. The van der Waals surface area contributed by atoms with Crippen LogP contribution in [0.2, 0.25) is 0 Å². The lowest BCUT2D eigenvalue weighted by Gasteiger charge is -2.25. The molecular weight excluding hydrogens is 2150 g/mol. The van der Waals surface area contributed by atoms with Crippen LogP contribution in [0.3, 0.4) is 0 Å². The number of hydrogen-bond acceptors (Lipinski definition) is 9. The minimum Gasteiger partial charge on any atom is -0.338 e. The van der Waals surface area contributed by atoms with E-state index in [9.17, 15) is 43.2 Å². The lowest BCUT2D eigenvalue weighted by Crippen LogP contribution is -2.36. The molecule has 0 saturated heterocycles. The average molecular weight is 2220 g/mol. The SMILES string of the molecule is C=CCN(C)C(=O)c1c(I)c(NC(=O)NCCC(CCNC(=O)Nc2c(I)c(C(=O)N(C)CC=C)c(I)c(C(=O)N(C)CC=C)c2I)CCNC(=O)Nc2c(I)c(C(=O)N(C)CC=C)c(I)c(C(=O)N(C)CC=C)c2I)c(I)c(C(=O)N(C)CC=C)c1I. The number of likely N-dealkylation sites (N-methyl/N-ethyl adjacent to an activating group) is 6. The van der Waals surface area contributed by atoms with Gasteiger partial charge in [0.2, 0.25) is 0 Å². The third-order valence-electron chi connectivity index (χ3n) is 13.0. The summed E-state index contributed by atoms with van der Waals surface area (Å²) in [4.78, 5) is 134. The number of nitrogens with zero attached hydrogens (tertiary/aromatic N) is 6. The van der Waals surface area contributed by atoms with Gasteiger partial charge in [-0.1, -0.05) is 36.5 Å². The molecule has 12 amide bonds. The summed E-state index contributed by atoms with van der Waals surface area (Å²) in [6.45, 7) is 24.1. The Kier molecular flexibility index (Phi) is 34.8. The molecule has 3 aromatic rings. The smallest absolute Gasteiger partial charge is 0.319 e. The van der Waals surface area contributed by atoms with E-state index in [1.807, 2.05) is 203 Å². The number of carbonyl (C=O) groups excluding carboxylic acids is 9. The monoisotopic (exact) mass is 2220 g/mol. The van der Waals surface area contributed by atoms with E-state index in [4.69, 9.17) is 0 Å². The highest BCUT2D eigenvalue weighted by atomic mass is 127. The predicted molar refractivity (Wildman–Crippen MR) is 425 cm³/mol. The van der Waals surface area contributed by atoms with Gasteiger partial charge in [0.05, 0.1) is 71.9 Å². The molecule has 0 atom stereocenters. The molecule has 0 bridgehead atoms. The van der Waals surface area contributed by atoms with Gasteiger partial charge in [-0.25, -0.2) is 14.4 Å². The zero-order chi connectivity index (χ0) is 66.6. The van der Waals surface area contributed by atoms with Gasteiger partial charge < -0.3 is 61.3 Å². The second kappa shape index (κ2) is 38.5. The summed E-state index contributed by atoms with van der Waals surface area (Å²) >= 11 is 18.0. The lowest BCUT2D eigenvalue weighted by atomic mass is 9.97. The standard InChI is InChI=1S/C58H67I9N12O9/c1-13-25-74(7)50(80)32-38(59)33(51(81)75(8)26-14-2)42(63)47(41(32)62)71-56(86)68-22-19-31(20-23-69-57(87)72-48-43(64)34(52(82)76(9)27-15-3)39(60)35(44(48)65)53(83)77(10)28-16-4)21-24-70-58(88)73-49-45(66)36(54(84)78(11)29-17-5)40(61)37(46(49)67)55(85)79(12)30-18-6/h13-18,31H,1-6,19-30H2,7-12H3,(H2,68,71,86)(H2,69,72,87)(H2,70,73,88). The number of nitrogens with one attached hydrogen (secondary N) is 6. The van der Waals surface area contributed by atoms with E-state index in [1.54, 1.807) is 78.7 Å². The molecule has 3 rings (SSSR count). The van der Waals surface area contributed by atoms with Crippen LogP contribution in [0.5, 0.6) is 0 Å². The third-order valence-corrected chi connectivity index (χ3v) is 22.7. The number of benzene rings is 3. The van der Waals surface area contributed by atoms with Crippen LogP contribution >= 0.6 is 203 Å². The fourth-order valence-electron chi connectivity index (χ4n) is 8.33. The maximum absolute atomic E-state index is 14.0. The number of amides is 12. The maximum atomic E-state index is 14.0. The molecule has 0 heterocycles. The van der Waals surface area contributed by atoms with E-state index in [0.29, 0.717) is 51.4 Å². The highest BCUT2D eigenvalue weighted by molar-refractivity contribution is 14.1. The zero-order valence-electron chi connectivity index (χ0n) is 49.0. The number of anilines is 3. The highest BCUT2D eigenvalue weighted by Gasteiger charge is 2.34. The fraction of sp³-hybridized carbons (Fsp3) is 0.328. The first-order valence-electron chi connectivity index (χ1n) is 26.4. The van der Waals surface area contributed by atoms with Crippen LogP contribution in [0.15, 0.2) is 75.9 Å². The Balaban J connectivity index is 2.06. The van der Waals surface area contributed by atoms with Gasteiger partial charge in [-0.3, -0.25) is 28.8 Å². The zero-order valence-corrected chi connectivity index (χ0v) is 68.4. The van der Waals surface area contributed by atoms with E-state index in [-0.39, 0.29) is 151 Å². The Labute approximate surface area is 637 Å². The van der Waals surface area contributed by atoms with Crippen LogP contribution in [0.25, 0.3) is 0 Å². The minimum absolute atomic E-state index is 0.0919. The van der Waals surface area contributed by atoms with Crippen molar-refractivity contribution < 1.29 is 43.2 Å². The summed E-state index contributed by atoms with van der Waals surface area (Å²) in [5.41, 5.74) is 2.13.